The van der Waals surface area contributed by atoms with Gasteiger partial charge in [-0.25, -0.2) is 8.37 Å². The third-order valence-corrected chi connectivity index (χ3v) is 10.6. The SMILES string of the molecule is CC(C)OCS(=O)(=O)OCOS(=O)(=O)COC(C)C.COC(C)C.COC(C)C.COC(C)C.COS(=O)(=O)COC(C)C.COS(=O)(=O)CS(=O)(=O)OC. The van der Waals surface area contributed by atoms with Crippen LogP contribution in [0.15, 0.2) is 0 Å². The molecule has 0 aromatic carbocycles. The van der Waals surface area contributed by atoms with Gasteiger partial charge in [0.15, 0.2) is 24.6 Å². The van der Waals surface area contributed by atoms with Crippen molar-refractivity contribution in [3.63, 3.8) is 0 Å². The summed E-state index contributed by atoms with van der Waals surface area (Å²) in [5.74, 6) is -1.71. The lowest BCUT2D eigenvalue weighted by Gasteiger charge is -2.10. The van der Waals surface area contributed by atoms with E-state index in [1.807, 2.05) is 41.5 Å². The van der Waals surface area contributed by atoms with Gasteiger partial charge in [0, 0.05) is 21.3 Å². The Labute approximate surface area is 332 Å². The highest BCUT2D eigenvalue weighted by Gasteiger charge is 2.21. The number of rotatable bonds is 21. The Balaban J connectivity index is -0.000000143. The molecule has 26 heteroatoms. The van der Waals surface area contributed by atoms with Crippen molar-refractivity contribution >= 4 is 50.6 Å². The van der Waals surface area contributed by atoms with Crippen LogP contribution in [0.1, 0.15) is 83.1 Å². The maximum absolute atomic E-state index is 11.2. The molecule has 0 aliphatic heterocycles. The predicted molar refractivity (Wildman–Crippen MR) is 207 cm³/mol. The molecule has 0 spiro atoms. The maximum atomic E-state index is 11.2. The molecular formula is C29H70O21S5. The first-order valence-corrected chi connectivity index (χ1v) is 24.1. The summed E-state index contributed by atoms with van der Waals surface area (Å²) in [7, 11) is -11.4. The maximum Gasteiger partial charge on any atom is 0.294 e. The minimum Gasteiger partial charge on any atom is -0.382 e. The molecule has 0 radical (unpaired) electrons. The normalized spacial score (nSPS) is 12.1. The fraction of sp³-hybridized carbons (Fsp3) is 1.00. The highest BCUT2D eigenvalue weighted by Crippen LogP contribution is 2.03. The van der Waals surface area contributed by atoms with Gasteiger partial charge in [-0.1, -0.05) is 0 Å². The first kappa shape index (κ1) is 66.1. The summed E-state index contributed by atoms with van der Waals surface area (Å²) < 4.78 is 157. The number of hydrogen-bond donors (Lipinski definition) is 0. The second-order valence-electron chi connectivity index (χ2n) is 11.6. The molecule has 0 saturated heterocycles. The van der Waals surface area contributed by atoms with Crippen molar-refractivity contribution in [2.75, 3.05) is 72.4 Å². The lowest BCUT2D eigenvalue weighted by atomic mass is 10.5. The molecular weight excluding hydrogens is 845 g/mol. The number of hydrogen-bond acceptors (Lipinski definition) is 21. The fourth-order valence-corrected chi connectivity index (χ4v) is 5.40. The average molecular weight is 915 g/mol. The Morgan fingerprint density at radius 2 is 0.527 bits per heavy atom. The molecule has 0 heterocycles. The van der Waals surface area contributed by atoms with Crippen LogP contribution in [0.3, 0.4) is 0 Å². The zero-order valence-corrected chi connectivity index (χ0v) is 39.7. The van der Waals surface area contributed by atoms with Gasteiger partial charge in [0.25, 0.3) is 50.6 Å². The summed E-state index contributed by atoms with van der Waals surface area (Å²) in [6.07, 6.45) is 0.481. The van der Waals surface area contributed by atoms with Gasteiger partial charge in [-0.15, -0.1) is 0 Å². The second-order valence-corrected chi connectivity index (χ2v) is 20.3. The van der Waals surface area contributed by atoms with E-state index in [0.717, 1.165) is 21.3 Å². The molecule has 0 fully saturated rings. The second kappa shape index (κ2) is 36.4. The lowest BCUT2D eigenvalue weighted by Crippen LogP contribution is -2.21. The largest absolute Gasteiger partial charge is 0.382 e. The Hall–Kier alpha value is -0.690. The number of ether oxygens (including phenoxy) is 6. The van der Waals surface area contributed by atoms with Gasteiger partial charge in [-0.05, 0) is 83.1 Å². The standard InChI is InChI=1S/C9H20O8S2.C5H12O4S.3C4H10O.C3H8O6S2/c1-8(2)14-6-18(10,11)16-5-17-19(12,13)7-15-9(3)4;1-5(2)9-4-10(6,7)8-3;3*1-4(2)5-3;1-8-10(4,5)3-11(6,7)9-2/h8-9H,5-7H2,1-4H3;5H,4H2,1-3H3;3*4H,1-3H3;3H2,1-2H3. The van der Waals surface area contributed by atoms with E-state index in [-0.39, 0.29) is 24.3 Å². The monoisotopic (exact) mass is 914 g/mol. The third kappa shape index (κ3) is 65.4. The van der Waals surface area contributed by atoms with Gasteiger partial charge < -0.3 is 28.4 Å². The van der Waals surface area contributed by atoms with Gasteiger partial charge >= 0.3 is 0 Å². The van der Waals surface area contributed by atoms with Crippen LogP contribution in [-0.4, -0.2) is 151 Å². The lowest BCUT2D eigenvalue weighted by molar-refractivity contribution is 0.0788. The molecule has 0 rings (SSSR count). The number of methoxy groups -OCH3 is 3. The minimum absolute atomic E-state index is 0.0927. The van der Waals surface area contributed by atoms with E-state index in [2.05, 4.69) is 20.9 Å². The van der Waals surface area contributed by atoms with Crippen LogP contribution in [0.25, 0.3) is 0 Å². The van der Waals surface area contributed by atoms with Crippen LogP contribution in [0.4, 0.5) is 0 Å². The highest BCUT2D eigenvalue weighted by molar-refractivity contribution is 8.03. The summed E-state index contributed by atoms with van der Waals surface area (Å²) in [6.45, 7) is 21.2. The molecule has 0 saturated carbocycles. The molecule has 0 N–H and O–H groups in total. The van der Waals surface area contributed by atoms with E-state index >= 15 is 0 Å². The van der Waals surface area contributed by atoms with Crippen molar-refractivity contribution in [2.24, 2.45) is 0 Å². The Kier molecular flexibility index (Phi) is 43.8. The summed E-state index contributed by atoms with van der Waals surface area (Å²) in [6, 6.07) is 0. The van der Waals surface area contributed by atoms with Crippen LogP contribution in [-0.2, 0) is 99.9 Å². The van der Waals surface area contributed by atoms with E-state index < -0.39 is 74.3 Å². The van der Waals surface area contributed by atoms with Crippen molar-refractivity contribution < 1.29 is 91.4 Å². The Morgan fingerprint density at radius 3 is 0.691 bits per heavy atom. The molecule has 0 unspecified atom stereocenters. The van der Waals surface area contributed by atoms with Crippen LogP contribution in [0.5, 0.6) is 0 Å². The topological polar surface area (TPSA) is 272 Å². The van der Waals surface area contributed by atoms with Crippen molar-refractivity contribution in [2.45, 2.75) is 120 Å². The van der Waals surface area contributed by atoms with Crippen LogP contribution >= 0.6 is 0 Å². The summed E-state index contributed by atoms with van der Waals surface area (Å²) in [5, 5.41) is -1.16. The first-order valence-electron chi connectivity index (χ1n) is 16.2. The Morgan fingerprint density at radius 1 is 0.327 bits per heavy atom. The van der Waals surface area contributed by atoms with Crippen LogP contribution in [0.2, 0.25) is 0 Å². The Bertz CT molecular complexity index is 1310. The molecule has 0 amide bonds. The zero-order valence-electron chi connectivity index (χ0n) is 35.6. The van der Waals surface area contributed by atoms with Crippen molar-refractivity contribution in [3.05, 3.63) is 0 Å². The highest BCUT2D eigenvalue weighted by atomic mass is 32.3. The molecule has 0 aliphatic carbocycles. The molecule has 0 atom stereocenters. The van der Waals surface area contributed by atoms with E-state index in [1.165, 1.54) is 0 Å². The first-order chi connectivity index (χ1) is 24.7. The molecule has 0 aromatic rings. The van der Waals surface area contributed by atoms with Gasteiger partial charge in [0.05, 0.1) is 58.0 Å². The van der Waals surface area contributed by atoms with Crippen molar-refractivity contribution in [3.8, 4) is 0 Å². The van der Waals surface area contributed by atoms with Gasteiger partial charge in [0.1, 0.15) is 0 Å². The molecule has 0 bridgehead atoms. The smallest absolute Gasteiger partial charge is 0.294 e. The average Bonchev–Trinajstić information content (AvgIpc) is 3.06. The molecule has 0 aromatic heterocycles. The van der Waals surface area contributed by atoms with Crippen LogP contribution in [0, 0.1) is 0 Å². The van der Waals surface area contributed by atoms with E-state index in [0.29, 0.717) is 18.3 Å². The fourth-order valence-electron chi connectivity index (χ4n) is 1.21. The minimum atomic E-state index is -4.00. The summed E-state index contributed by atoms with van der Waals surface area (Å²) in [5.41, 5.74) is 0. The zero-order chi connectivity index (χ0) is 45.3. The van der Waals surface area contributed by atoms with Gasteiger partial charge in [-0.2, -0.15) is 42.1 Å². The van der Waals surface area contributed by atoms with Crippen LogP contribution < -0.4 is 0 Å². The molecule has 0 aliphatic rings. The quantitative estimate of drug-likeness (QED) is 0.118. The van der Waals surface area contributed by atoms with E-state index in [9.17, 15) is 42.1 Å². The van der Waals surface area contributed by atoms with E-state index in [4.69, 9.17) is 28.4 Å². The van der Waals surface area contributed by atoms with Gasteiger partial charge in [-0.3, -0.25) is 12.5 Å². The van der Waals surface area contributed by atoms with Gasteiger partial charge in [0.2, 0.25) is 5.08 Å². The molecule has 55 heavy (non-hydrogen) atoms. The predicted octanol–water partition coefficient (Wildman–Crippen LogP) is 2.77. The summed E-state index contributed by atoms with van der Waals surface area (Å²) in [4.78, 5) is 0. The van der Waals surface area contributed by atoms with Crippen molar-refractivity contribution in [1.29, 1.82) is 0 Å². The van der Waals surface area contributed by atoms with Crippen molar-refractivity contribution in [1.82, 2.24) is 0 Å². The summed E-state index contributed by atoms with van der Waals surface area (Å²) >= 11 is 0. The third-order valence-electron chi connectivity index (χ3n) is 4.56. The molecule has 342 valence electrons. The van der Waals surface area contributed by atoms with E-state index in [1.54, 1.807) is 62.9 Å². The molecule has 21 nitrogen and oxygen atoms in total.